The van der Waals surface area contributed by atoms with Crippen LogP contribution in [0, 0.1) is 5.92 Å². The number of ether oxygens (including phenoxy) is 3. The minimum Gasteiger partial charge on any atom is -0.497 e. The minimum absolute atomic E-state index is 0.0194. The van der Waals surface area contributed by atoms with Crippen molar-refractivity contribution < 1.29 is 23.8 Å². The van der Waals surface area contributed by atoms with Gasteiger partial charge in [0.15, 0.2) is 11.5 Å². The highest BCUT2D eigenvalue weighted by Crippen LogP contribution is 2.42. The Morgan fingerprint density at radius 2 is 1.66 bits per heavy atom. The van der Waals surface area contributed by atoms with E-state index in [-0.39, 0.29) is 11.8 Å². The number of anilines is 1. The predicted octanol–water partition coefficient (Wildman–Crippen LogP) is 2.95. The molecule has 2 saturated heterocycles. The third-order valence-electron chi connectivity index (χ3n) is 7.58. The van der Waals surface area contributed by atoms with Crippen LogP contribution >= 0.6 is 0 Å². The molecule has 2 fully saturated rings. The lowest BCUT2D eigenvalue weighted by Crippen LogP contribution is -2.49. The topological polar surface area (TPSA) is 83.6 Å². The average molecular weight is 525 g/mol. The maximum absolute atomic E-state index is 13.6. The molecule has 4 rings (SSSR count). The summed E-state index contributed by atoms with van der Waals surface area (Å²) in [6, 6.07) is 12.5. The fraction of sp³-hybridized carbons (Fsp3) is 0.517. The van der Waals surface area contributed by atoms with Gasteiger partial charge in [-0.05, 0) is 68.4 Å². The second-order valence-corrected chi connectivity index (χ2v) is 9.96. The lowest BCUT2D eigenvalue weighted by atomic mass is 9.83. The largest absolute Gasteiger partial charge is 0.497 e. The van der Waals surface area contributed by atoms with Crippen LogP contribution in [-0.2, 0) is 9.59 Å². The van der Waals surface area contributed by atoms with Gasteiger partial charge in [0.05, 0.1) is 33.3 Å². The molecule has 0 spiro atoms. The Morgan fingerprint density at radius 1 is 0.947 bits per heavy atom. The first-order chi connectivity index (χ1) is 18.4. The number of piperidine rings is 1. The molecule has 0 saturated carbocycles. The Balaban J connectivity index is 1.55. The van der Waals surface area contributed by atoms with E-state index in [0.717, 1.165) is 50.4 Å². The van der Waals surface area contributed by atoms with Crippen LogP contribution in [0.25, 0.3) is 0 Å². The molecule has 2 aromatic rings. The maximum atomic E-state index is 13.6. The van der Waals surface area contributed by atoms with Gasteiger partial charge >= 0.3 is 0 Å². The zero-order valence-electron chi connectivity index (χ0n) is 22.9. The van der Waals surface area contributed by atoms with E-state index in [1.165, 1.54) is 0 Å². The monoisotopic (exact) mass is 524 g/mol. The van der Waals surface area contributed by atoms with Crippen LogP contribution in [0.2, 0.25) is 0 Å². The number of hydrogen-bond acceptors (Lipinski definition) is 7. The Kier molecular flexibility index (Phi) is 9.47. The van der Waals surface area contributed by atoms with Crippen LogP contribution in [0.4, 0.5) is 5.69 Å². The number of likely N-dealkylation sites (N-methyl/N-ethyl adjacent to an activating group) is 1. The van der Waals surface area contributed by atoms with Gasteiger partial charge in [-0.15, -0.1) is 0 Å². The van der Waals surface area contributed by atoms with Crippen LogP contribution in [-0.4, -0.2) is 89.3 Å². The molecule has 0 radical (unpaired) electrons. The molecule has 9 nitrogen and oxygen atoms in total. The van der Waals surface area contributed by atoms with E-state index in [9.17, 15) is 9.59 Å². The Bertz CT molecular complexity index is 1080. The number of benzene rings is 2. The van der Waals surface area contributed by atoms with Gasteiger partial charge in [-0.2, -0.15) is 0 Å². The number of piperazine rings is 1. The molecule has 0 bridgehead atoms. The number of amides is 2. The van der Waals surface area contributed by atoms with Crippen LogP contribution < -0.4 is 24.4 Å². The van der Waals surface area contributed by atoms with Gasteiger partial charge in [0.25, 0.3) is 0 Å². The predicted molar refractivity (Wildman–Crippen MR) is 147 cm³/mol. The normalized spacial score (nSPS) is 20.7. The van der Waals surface area contributed by atoms with Gasteiger partial charge in [-0.25, -0.2) is 0 Å². The average Bonchev–Trinajstić information content (AvgIpc) is 2.95. The zero-order valence-corrected chi connectivity index (χ0v) is 22.9. The zero-order chi connectivity index (χ0) is 27.1. The minimum atomic E-state index is -0.484. The summed E-state index contributed by atoms with van der Waals surface area (Å²) in [5.41, 5.74) is 1.55. The Hall–Kier alpha value is -3.30. The Morgan fingerprint density at radius 3 is 2.32 bits per heavy atom. The van der Waals surface area contributed by atoms with Crippen molar-refractivity contribution in [3.05, 3.63) is 48.0 Å². The van der Waals surface area contributed by atoms with Crippen LogP contribution in [0.5, 0.6) is 17.2 Å². The summed E-state index contributed by atoms with van der Waals surface area (Å²) in [4.78, 5) is 33.5. The van der Waals surface area contributed by atoms with E-state index in [2.05, 4.69) is 22.2 Å². The number of carbonyl (C=O) groups excluding carboxylic acids is 2. The molecule has 2 heterocycles. The number of nitrogens with one attached hydrogen (secondary N) is 1. The van der Waals surface area contributed by atoms with E-state index in [0.29, 0.717) is 36.6 Å². The molecule has 2 aliphatic rings. The Labute approximate surface area is 225 Å². The maximum Gasteiger partial charge on any atom is 0.227 e. The molecule has 1 N–H and O–H groups in total. The standard InChI is InChI=1S/C29H40N4O5/c1-31-16-18-32(19-17-31)15-5-14-30-29(35)24-11-13-27(34)33(22-7-9-23(36-2)10-8-22)28(24)21-6-12-25(37-3)26(20-21)38-4/h6-10,12,20,24,28H,5,11,13-19H2,1-4H3,(H,30,35)/t24-,28-/m1/s1. The first-order valence-electron chi connectivity index (χ1n) is 13.3. The smallest absolute Gasteiger partial charge is 0.227 e. The van der Waals surface area contributed by atoms with E-state index in [1.807, 2.05) is 42.5 Å². The third kappa shape index (κ3) is 6.39. The first kappa shape index (κ1) is 27.7. The molecular formula is C29H40N4O5. The van der Waals surface area contributed by atoms with Gasteiger partial charge in [-0.3, -0.25) is 9.59 Å². The van der Waals surface area contributed by atoms with Gasteiger partial charge in [0.2, 0.25) is 11.8 Å². The number of methoxy groups -OCH3 is 3. The second-order valence-electron chi connectivity index (χ2n) is 9.96. The highest BCUT2D eigenvalue weighted by molar-refractivity contribution is 5.97. The lowest BCUT2D eigenvalue weighted by Gasteiger charge is -2.41. The third-order valence-corrected chi connectivity index (χ3v) is 7.58. The molecule has 2 aromatic carbocycles. The summed E-state index contributed by atoms with van der Waals surface area (Å²) in [5, 5.41) is 3.17. The quantitative estimate of drug-likeness (QED) is 0.479. The van der Waals surface area contributed by atoms with E-state index in [1.54, 1.807) is 26.2 Å². The summed E-state index contributed by atoms with van der Waals surface area (Å²) in [7, 11) is 6.93. The van der Waals surface area contributed by atoms with Crippen molar-refractivity contribution in [3.63, 3.8) is 0 Å². The highest BCUT2D eigenvalue weighted by Gasteiger charge is 2.41. The summed E-state index contributed by atoms with van der Waals surface area (Å²) >= 11 is 0. The highest BCUT2D eigenvalue weighted by atomic mass is 16.5. The molecule has 38 heavy (non-hydrogen) atoms. The van der Waals surface area contributed by atoms with Crippen molar-refractivity contribution in [2.75, 3.05) is 72.5 Å². The number of hydrogen-bond donors (Lipinski definition) is 1. The van der Waals surface area contributed by atoms with Crippen molar-refractivity contribution in [2.45, 2.75) is 25.3 Å². The molecule has 206 valence electrons. The number of rotatable bonds is 10. The number of nitrogens with zero attached hydrogens (tertiary/aromatic N) is 3. The van der Waals surface area contributed by atoms with Crippen LogP contribution in [0.1, 0.15) is 30.9 Å². The van der Waals surface area contributed by atoms with Gasteiger partial charge in [0, 0.05) is 44.8 Å². The van der Waals surface area contributed by atoms with Crippen molar-refractivity contribution in [3.8, 4) is 17.2 Å². The lowest BCUT2D eigenvalue weighted by molar-refractivity contribution is -0.129. The summed E-state index contributed by atoms with van der Waals surface area (Å²) in [6.45, 7) is 5.86. The molecule has 0 aromatic heterocycles. The molecule has 2 atom stereocenters. The molecule has 9 heteroatoms. The summed E-state index contributed by atoms with van der Waals surface area (Å²) < 4.78 is 16.3. The molecule has 0 aliphatic carbocycles. The fourth-order valence-corrected chi connectivity index (χ4v) is 5.35. The van der Waals surface area contributed by atoms with E-state index in [4.69, 9.17) is 14.2 Å². The van der Waals surface area contributed by atoms with Crippen molar-refractivity contribution in [2.24, 2.45) is 5.92 Å². The molecular weight excluding hydrogens is 484 g/mol. The van der Waals surface area contributed by atoms with E-state index >= 15 is 0 Å². The van der Waals surface area contributed by atoms with Crippen LogP contribution in [0.3, 0.4) is 0 Å². The van der Waals surface area contributed by atoms with Crippen molar-refractivity contribution in [1.82, 2.24) is 15.1 Å². The van der Waals surface area contributed by atoms with Crippen LogP contribution in [0.15, 0.2) is 42.5 Å². The molecule has 2 amide bonds. The fourth-order valence-electron chi connectivity index (χ4n) is 5.35. The number of carbonyl (C=O) groups is 2. The first-order valence-corrected chi connectivity index (χ1v) is 13.3. The van der Waals surface area contributed by atoms with Crippen molar-refractivity contribution >= 4 is 17.5 Å². The van der Waals surface area contributed by atoms with Gasteiger partial charge in [-0.1, -0.05) is 6.07 Å². The van der Waals surface area contributed by atoms with Crippen molar-refractivity contribution in [1.29, 1.82) is 0 Å². The molecule has 0 unspecified atom stereocenters. The molecule has 2 aliphatic heterocycles. The second kappa shape index (κ2) is 13.0. The summed E-state index contributed by atoms with van der Waals surface area (Å²) in [5.74, 6) is 1.40. The SMILES string of the molecule is COc1ccc(N2C(=O)CC[C@@H](C(=O)NCCCN3CCN(C)CC3)[C@H]2c2ccc(OC)c(OC)c2)cc1. The summed E-state index contributed by atoms with van der Waals surface area (Å²) in [6.07, 6.45) is 1.67. The van der Waals surface area contributed by atoms with Gasteiger partial charge in [0.1, 0.15) is 5.75 Å². The van der Waals surface area contributed by atoms with Gasteiger partial charge < -0.3 is 34.2 Å². The van der Waals surface area contributed by atoms with E-state index < -0.39 is 12.0 Å².